The Hall–Kier alpha value is -3.10. The third-order valence-corrected chi connectivity index (χ3v) is 5.68. The second kappa shape index (κ2) is 8.56. The van der Waals surface area contributed by atoms with Crippen molar-refractivity contribution < 1.29 is 22.8 Å². The first-order valence-corrected chi connectivity index (χ1v) is 10.3. The Labute approximate surface area is 178 Å². The molecule has 9 heteroatoms. The minimum absolute atomic E-state index is 0.0958. The molecule has 1 aromatic carbocycles. The van der Waals surface area contributed by atoms with Crippen molar-refractivity contribution in [3.8, 4) is 0 Å². The normalized spacial score (nSPS) is 17.8. The van der Waals surface area contributed by atoms with Crippen LogP contribution < -0.4 is 9.80 Å². The molecule has 0 radical (unpaired) electrons. The molecule has 0 spiro atoms. The summed E-state index contributed by atoms with van der Waals surface area (Å²) < 4.78 is 38.2. The van der Waals surface area contributed by atoms with Crippen LogP contribution in [0.25, 0.3) is 0 Å². The lowest BCUT2D eigenvalue weighted by Crippen LogP contribution is -2.35. The van der Waals surface area contributed by atoms with Crippen LogP contribution in [0.15, 0.2) is 42.6 Å². The van der Waals surface area contributed by atoms with Crippen molar-refractivity contribution in [3.05, 3.63) is 53.7 Å². The van der Waals surface area contributed by atoms with E-state index >= 15 is 0 Å². The quantitative estimate of drug-likeness (QED) is 0.744. The molecule has 164 valence electrons. The topological polar surface area (TPSA) is 56.8 Å². The highest BCUT2D eigenvalue weighted by Gasteiger charge is 2.31. The van der Waals surface area contributed by atoms with Crippen molar-refractivity contribution in [2.45, 2.75) is 25.4 Å². The van der Waals surface area contributed by atoms with Crippen LogP contribution in [0.2, 0.25) is 0 Å². The molecule has 0 aliphatic carbocycles. The fourth-order valence-electron chi connectivity index (χ4n) is 3.98. The number of halogens is 3. The van der Waals surface area contributed by atoms with Crippen molar-refractivity contribution >= 4 is 23.3 Å². The minimum Gasteiger partial charge on any atom is -0.355 e. The van der Waals surface area contributed by atoms with Gasteiger partial charge in [-0.2, -0.15) is 13.2 Å². The summed E-state index contributed by atoms with van der Waals surface area (Å²) in [6, 6.07) is 9.48. The van der Waals surface area contributed by atoms with Gasteiger partial charge in [0.2, 0.25) is 5.91 Å². The van der Waals surface area contributed by atoms with Gasteiger partial charge in [-0.1, -0.05) is 0 Å². The van der Waals surface area contributed by atoms with Crippen molar-refractivity contribution in [1.29, 1.82) is 0 Å². The number of amides is 2. The van der Waals surface area contributed by atoms with Crippen molar-refractivity contribution in [1.82, 2.24) is 9.88 Å². The molecule has 2 amide bonds. The predicted molar refractivity (Wildman–Crippen MR) is 110 cm³/mol. The molecule has 2 aliphatic rings. The molecule has 0 unspecified atom stereocenters. The molecule has 0 N–H and O–H groups in total. The zero-order valence-corrected chi connectivity index (χ0v) is 16.9. The van der Waals surface area contributed by atoms with Crippen molar-refractivity contribution in [2.75, 3.05) is 42.5 Å². The lowest BCUT2D eigenvalue weighted by Gasteiger charge is -2.23. The first kappa shape index (κ1) is 21.1. The smallest absolute Gasteiger partial charge is 0.355 e. The van der Waals surface area contributed by atoms with Crippen LogP contribution >= 0.6 is 0 Å². The summed E-state index contributed by atoms with van der Waals surface area (Å²) in [5.41, 5.74) is 0.577. The number of hydrogen-bond acceptors (Lipinski definition) is 4. The van der Waals surface area contributed by atoms with Crippen molar-refractivity contribution in [3.63, 3.8) is 0 Å². The molecule has 31 heavy (non-hydrogen) atoms. The van der Waals surface area contributed by atoms with E-state index in [1.165, 1.54) is 6.07 Å². The molecule has 2 aliphatic heterocycles. The van der Waals surface area contributed by atoms with E-state index in [9.17, 15) is 22.8 Å². The number of aromatic nitrogens is 1. The molecular weight excluding hydrogens is 409 g/mol. The Morgan fingerprint density at radius 3 is 2.29 bits per heavy atom. The van der Waals surface area contributed by atoms with Gasteiger partial charge >= 0.3 is 6.18 Å². The summed E-state index contributed by atoms with van der Waals surface area (Å²) in [6.07, 6.45) is -1.48. The van der Waals surface area contributed by atoms with E-state index in [1.54, 1.807) is 34.1 Å². The molecule has 4 rings (SSSR count). The molecule has 2 fully saturated rings. The Balaban J connectivity index is 1.39. The summed E-state index contributed by atoms with van der Waals surface area (Å²) in [7, 11) is 0. The summed E-state index contributed by atoms with van der Waals surface area (Å²) >= 11 is 0. The minimum atomic E-state index is -4.41. The third kappa shape index (κ3) is 4.65. The molecule has 0 atom stereocenters. The molecule has 0 bridgehead atoms. The van der Waals surface area contributed by atoms with Crippen LogP contribution in [0.4, 0.5) is 24.7 Å². The summed E-state index contributed by atoms with van der Waals surface area (Å²) in [5, 5.41) is 0. The summed E-state index contributed by atoms with van der Waals surface area (Å²) in [5.74, 6) is 0.479. The number of benzene rings is 1. The number of carbonyl (C=O) groups excluding carboxylic acids is 2. The number of alkyl halides is 3. The van der Waals surface area contributed by atoms with E-state index < -0.39 is 11.7 Å². The van der Waals surface area contributed by atoms with Crippen LogP contribution in [0.5, 0.6) is 0 Å². The number of rotatable bonds is 3. The van der Waals surface area contributed by atoms with Gasteiger partial charge in [-0.15, -0.1) is 0 Å². The van der Waals surface area contributed by atoms with Crippen molar-refractivity contribution in [2.24, 2.45) is 0 Å². The van der Waals surface area contributed by atoms with Gasteiger partial charge in [0.15, 0.2) is 0 Å². The van der Waals surface area contributed by atoms with Gasteiger partial charge in [0.1, 0.15) is 5.82 Å². The summed E-state index contributed by atoms with van der Waals surface area (Å²) in [4.78, 5) is 34.2. The standard InChI is InChI=1S/C22H23F3N4O2/c23-22(24,25)17-6-9-19(26-15-17)27-10-2-11-28(14-13-27)21(31)16-4-7-18(8-5-16)29-12-1-3-20(29)30/h4-9,15H,1-3,10-14H2. The van der Waals surface area contributed by atoms with Gasteiger partial charge < -0.3 is 14.7 Å². The van der Waals surface area contributed by atoms with Gasteiger partial charge in [-0.3, -0.25) is 9.59 Å². The lowest BCUT2D eigenvalue weighted by molar-refractivity contribution is -0.137. The molecule has 1 aromatic heterocycles. The fourth-order valence-corrected chi connectivity index (χ4v) is 3.98. The highest BCUT2D eigenvalue weighted by Crippen LogP contribution is 2.29. The second-order valence-corrected chi connectivity index (χ2v) is 7.73. The number of carbonyl (C=O) groups is 2. The Morgan fingerprint density at radius 1 is 0.903 bits per heavy atom. The van der Waals surface area contributed by atoms with Crippen LogP contribution in [-0.4, -0.2) is 54.4 Å². The van der Waals surface area contributed by atoms with E-state index in [-0.39, 0.29) is 11.8 Å². The molecule has 2 aromatic rings. The Kier molecular flexibility index (Phi) is 5.84. The zero-order valence-electron chi connectivity index (χ0n) is 16.9. The average Bonchev–Trinajstić information content (AvgIpc) is 3.04. The maximum atomic E-state index is 12.9. The predicted octanol–water partition coefficient (Wildman–Crippen LogP) is 3.58. The molecule has 2 saturated heterocycles. The number of hydrogen-bond donors (Lipinski definition) is 0. The number of anilines is 2. The number of nitrogens with zero attached hydrogens (tertiary/aromatic N) is 4. The van der Waals surface area contributed by atoms with Crippen LogP contribution in [0.1, 0.15) is 35.2 Å². The average molecular weight is 432 g/mol. The number of pyridine rings is 1. The third-order valence-electron chi connectivity index (χ3n) is 5.68. The van der Waals surface area contributed by atoms with E-state index in [1.807, 2.05) is 4.90 Å². The first-order valence-electron chi connectivity index (χ1n) is 10.3. The SMILES string of the molecule is O=C(c1ccc(N2CCCC2=O)cc1)N1CCCN(c2ccc(C(F)(F)F)cn2)CC1. The van der Waals surface area contributed by atoms with Crippen LogP contribution in [0, 0.1) is 0 Å². The van der Waals surface area contributed by atoms with Crippen LogP contribution in [0.3, 0.4) is 0 Å². The lowest BCUT2D eigenvalue weighted by atomic mass is 10.1. The van der Waals surface area contributed by atoms with E-state index in [4.69, 9.17) is 0 Å². The largest absolute Gasteiger partial charge is 0.417 e. The Morgan fingerprint density at radius 2 is 1.68 bits per heavy atom. The van der Waals surface area contributed by atoms with E-state index in [2.05, 4.69) is 4.98 Å². The van der Waals surface area contributed by atoms with E-state index in [0.29, 0.717) is 56.9 Å². The first-order chi connectivity index (χ1) is 14.8. The summed E-state index contributed by atoms with van der Waals surface area (Å²) in [6.45, 7) is 2.81. The maximum absolute atomic E-state index is 12.9. The second-order valence-electron chi connectivity index (χ2n) is 7.73. The van der Waals surface area contributed by atoms with Gasteiger partial charge in [0.25, 0.3) is 5.91 Å². The molecular formula is C22H23F3N4O2. The molecule has 3 heterocycles. The van der Waals surface area contributed by atoms with E-state index in [0.717, 1.165) is 24.4 Å². The van der Waals surface area contributed by atoms with Gasteiger partial charge in [-0.05, 0) is 49.2 Å². The Bertz CT molecular complexity index is 945. The highest BCUT2D eigenvalue weighted by atomic mass is 19.4. The monoisotopic (exact) mass is 432 g/mol. The van der Waals surface area contributed by atoms with Crippen LogP contribution in [-0.2, 0) is 11.0 Å². The fraction of sp³-hybridized carbons (Fsp3) is 0.409. The zero-order chi connectivity index (χ0) is 22.0. The van der Waals surface area contributed by atoms with Gasteiger partial charge in [-0.25, -0.2) is 4.98 Å². The highest BCUT2D eigenvalue weighted by molar-refractivity contribution is 5.97. The van der Waals surface area contributed by atoms with Gasteiger partial charge in [0.05, 0.1) is 5.56 Å². The molecule has 0 saturated carbocycles. The maximum Gasteiger partial charge on any atom is 0.417 e. The van der Waals surface area contributed by atoms with Gasteiger partial charge in [0, 0.05) is 56.6 Å². The molecule has 6 nitrogen and oxygen atoms in total.